The topological polar surface area (TPSA) is 105 Å². The van der Waals surface area contributed by atoms with Gasteiger partial charge in [-0.25, -0.2) is 8.42 Å². The molecular weight excluding hydrogens is 394 g/mol. The van der Waals surface area contributed by atoms with Crippen molar-refractivity contribution in [2.24, 2.45) is 0 Å². The Kier molecular flexibility index (Phi) is 4.70. The zero-order valence-corrected chi connectivity index (χ0v) is 16.9. The number of anilines is 3. The van der Waals surface area contributed by atoms with Gasteiger partial charge in [-0.3, -0.25) is 14.3 Å². The SMILES string of the molecule is Cc1ccc(N2CCCC2=O)cc1S(=O)(=O)Nc1ccc2c(c1)NC(=O)[C@H](C)O2. The van der Waals surface area contributed by atoms with Gasteiger partial charge < -0.3 is 15.0 Å². The average molecular weight is 415 g/mol. The van der Waals surface area contributed by atoms with Crippen molar-refractivity contribution in [3.63, 3.8) is 0 Å². The number of fused-ring (bicyclic) bond motifs is 1. The highest BCUT2D eigenvalue weighted by atomic mass is 32.2. The molecule has 2 heterocycles. The van der Waals surface area contributed by atoms with Crippen LogP contribution in [-0.2, 0) is 19.6 Å². The second kappa shape index (κ2) is 7.07. The standard InChI is InChI=1S/C20H21N3O5S/c1-12-5-7-15(23-9-3-4-19(23)24)11-18(12)29(26,27)22-14-6-8-17-16(10-14)21-20(25)13(2)28-17/h5-8,10-11,13,22H,3-4,9H2,1-2H3,(H,21,25)/t13-/m0/s1. The highest BCUT2D eigenvalue weighted by Gasteiger charge is 2.26. The molecule has 8 nitrogen and oxygen atoms in total. The van der Waals surface area contributed by atoms with E-state index in [-0.39, 0.29) is 16.7 Å². The molecule has 0 aliphatic carbocycles. The fraction of sp³-hybridized carbons (Fsp3) is 0.300. The Hall–Kier alpha value is -3.07. The van der Waals surface area contributed by atoms with Gasteiger partial charge in [-0.05, 0) is 56.2 Å². The van der Waals surface area contributed by atoms with Crippen LogP contribution in [-0.4, -0.2) is 32.9 Å². The molecule has 0 bridgehead atoms. The number of nitrogens with zero attached hydrogens (tertiary/aromatic N) is 1. The maximum absolute atomic E-state index is 13.0. The van der Waals surface area contributed by atoms with Gasteiger partial charge in [-0.2, -0.15) is 0 Å². The van der Waals surface area contributed by atoms with Crippen LogP contribution in [0.5, 0.6) is 5.75 Å². The summed E-state index contributed by atoms with van der Waals surface area (Å²) >= 11 is 0. The molecule has 4 rings (SSSR count). The lowest BCUT2D eigenvalue weighted by Crippen LogP contribution is -2.34. The van der Waals surface area contributed by atoms with E-state index in [1.54, 1.807) is 43.0 Å². The van der Waals surface area contributed by atoms with Gasteiger partial charge in [-0.15, -0.1) is 0 Å². The van der Waals surface area contributed by atoms with Crippen LogP contribution in [0.3, 0.4) is 0 Å². The molecule has 0 saturated carbocycles. The number of amides is 2. The van der Waals surface area contributed by atoms with Crippen molar-refractivity contribution in [3.05, 3.63) is 42.0 Å². The summed E-state index contributed by atoms with van der Waals surface area (Å²) in [6.45, 7) is 3.92. The number of ether oxygens (including phenoxy) is 1. The van der Waals surface area contributed by atoms with E-state index in [0.29, 0.717) is 41.3 Å². The summed E-state index contributed by atoms with van der Waals surface area (Å²) in [6, 6.07) is 9.66. The summed E-state index contributed by atoms with van der Waals surface area (Å²) in [4.78, 5) is 25.5. The van der Waals surface area contributed by atoms with Crippen molar-refractivity contribution in [3.8, 4) is 5.75 Å². The van der Waals surface area contributed by atoms with Gasteiger partial charge in [0.2, 0.25) is 5.91 Å². The predicted molar refractivity (Wildman–Crippen MR) is 109 cm³/mol. The molecule has 2 aliphatic rings. The van der Waals surface area contributed by atoms with Crippen LogP contribution >= 0.6 is 0 Å². The minimum atomic E-state index is -3.91. The van der Waals surface area contributed by atoms with Crippen LogP contribution in [0.1, 0.15) is 25.3 Å². The lowest BCUT2D eigenvalue weighted by atomic mass is 10.2. The van der Waals surface area contributed by atoms with Crippen LogP contribution < -0.4 is 19.7 Å². The van der Waals surface area contributed by atoms with Gasteiger partial charge in [0.25, 0.3) is 15.9 Å². The summed E-state index contributed by atoms with van der Waals surface area (Å²) < 4.78 is 34.1. The van der Waals surface area contributed by atoms with E-state index in [9.17, 15) is 18.0 Å². The lowest BCUT2D eigenvalue weighted by Gasteiger charge is -2.24. The molecule has 0 radical (unpaired) electrons. The summed E-state index contributed by atoms with van der Waals surface area (Å²) in [7, 11) is -3.91. The summed E-state index contributed by atoms with van der Waals surface area (Å²) in [6.07, 6.45) is 0.619. The molecule has 2 aromatic carbocycles. The molecule has 2 aliphatic heterocycles. The van der Waals surface area contributed by atoms with Gasteiger partial charge in [-0.1, -0.05) is 6.07 Å². The number of hydrogen-bond donors (Lipinski definition) is 2. The zero-order valence-electron chi connectivity index (χ0n) is 16.1. The Balaban J connectivity index is 1.63. The number of carbonyl (C=O) groups is 2. The van der Waals surface area contributed by atoms with E-state index in [2.05, 4.69) is 10.0 Å². The smallest absolute Gasteiger partial charge is 0.265 e. The number of hydrogen-bond acceptors (Lipinski definition) is 5. The third kappa shape index (κ3) is 3.65. The lowest BCUT2D eigenvalue weighted by molar-refractivity contribution is -0.122. The van der Waals surface area contributed by atoms with Gasteiger partial charge in [0.1, 0.15) is 5.75 Å². The highest BCUT2D eigenvalue weighted by molar-refractivity contribution is 7.92. The quantitative estimate of drug-likeness (QED) is 0.799. The number of sulfonamides is 1. The second-order valence-electron chi connectivity index (χ2n) is 7.16. The molecular formula is C20H21N3O5S. The molecule has 29 heavy (non-hydrogen) atoms. The molecule has 1 saturated heterocycles. The molecule has 0 unspecified atom stereocenters. The number of aryl methyl sites for hydroxylation is 1. The second-order valence-corrected chi connectivity index (χ2v) is 8.82. The molecule has 152 valence electrons. The third-order valence-corrected chi connectivity index (χ3v) is 6.53. The van der Waals surface area contributed by atoms with E-state index in [4.69, 9.17) is 4.74 Å². The molecule has 1 fully saturated rings. The van der Waals surface area contributed by atoms with Crippen molar-refractivity contribution < 1.29 is 22.7 Å². The monoisotopic (exact) mass is 415 g/mol. The fourth-order valence-corrected chi connectivity index (χ4v) is 4.76. The molecule has 1 atom stereocenters. The molecule has 9 heteroatoms. The summed E-state index contributed by atoms with van der Waals surface area (Å²) in [5.41, 5.74) is 1.83. The van der Waals surface area contributed by atoms with E-state index in [1.807, 2.05) is 0 Å². The van der Waals surface area contributed by atoms with Gasteiger partial charge in [0.15, 0.2) is 6.10 Å². The number of rotatable bonds is 4. The largest absolute Gasteiger partial charge is 0.479 e. The first-order valence-electron chi connectivity index (χ1n) is 9.30. The number of carbonyl (C=O) groups excluding carboxylic acids is 2. The van der Waals surface area contributed by atoms with Crippen molar-refractivity contribution in [1.82, 2.24) is 0 Å². The van der Waals surface area contributed by atoms with Crippen LogP contribution in [0.15, 0.2) is 41.3 Å². The highest BCUT2D eigenvalue weighted by Crippen LogP contribution is 2.33. The minimum Gasteiger partial charge on any atom is -0.479 e. The van der Waals surface area contributed by atoms with E-state index in [1.165, 1.54) is 12.1 Å². The Morgan fingerprint density at radius 3 is 2.69 bits per heavy atom. The third-order valence-electron chi connectivity index (χ3n) is 5.01. The van der Waals surface area contributed by atoms with E-state index >= 15 is 0 Å². The molecule has 0 spiro atoms. The van der Waals surface area contributed by atoms with Crippen molar-refractivity contribution in [2.45, 2.75) is 37.7 Å². The first kappa shape index (κ1) is 19.3. The van der Waals surface area contributed by atoms with Crippen molar-refractivity contribution in [1.29, 1.82) is 0 Å². The maximum Gasteiger partial charge on any atom is 0.265 e. The predicted octanol–water partition coefficient (Wildman–Crippen LogP) is 2.64. The average Bonchev–Trinajstić information content (AvgIpc) is 3.09. The molecule has 2 aromatic rings. The van der Waals surface area contributed by atoms with E-state index < -0.39 is 16.1 Å². The Morgan fingerprint density at radius 1 is 1.17 bits per heavy atom. The van der Waals surface area contributed by atoms with Crippen LogP contribution in [0, 0.1) is 6.92 Å². The van der Waals surface area contributed by atoms with Crippen LogP contribution in [0.2, 0.25) is 0 Å². The van der Waals surface area contributed by atoms with Gasteiger partial charge >= 0.3 is 0 Å². The molecule has 0 aromatic heterocycles. The summed E-state index contributed by atoms with van der Waals surface area (Å²) in [5, 5.41) is 2.70. The first-order chi connectivity index (χ1) is 13.7. The van der Waals surface area contributed by atoms with E-state index in [0.717, 1.165) is 6.42 Å². The molecule has 2 N–H and O–H groups in total. The van der Waals surface area contributed by atoms with Crippen molar-refractivity contribution >= 4 is 38.9 Å². The van der Waals surface area contributed by atoms with Crippen molar-refractivity contribution in [2.75, 3.05) is 21.5 Å². The number of nitrogens with one attached hydrogen (secondary N) is 2. The zero-order chi connectivity index (χ0) is 20.8. The van der Waals surface area contributed by atoms with Crippen LogP contribution in [0.25, 0.3) is 0 Å². The minimum absolute atomic E-state index is 0.00943. The first-order valence-corrected chi connectivity index (χ1v) is 10.8. The Bertz CT molecular complexity index is 1110. The summed E-state index contributed by atoms with van der Waals surface area (Å²) in [5.74, 6) is 0.173. The molecule has 2 amide bonds. The normalized spacial score (nSPS) is 18.8. The van der Waals surface area contributed by atoms with Gasteiger partial charge in [0.05, 0.1) is 16.3 Å². The Morgan fingerprint density at radius 2 is 1.97 bits per heavy atom. The Labute approximate surface area is 168 Å². The van der Waals surface area contributed by atoms with Crippen LogP contribution in [0.4, 0.5) is 17.1 Å². The number of benzene rings is 2. The fourth-order valence-electron chi connectivity index (χ4n) is 3.45. The maximum atomic E-state index is 13.0. The van der Waals surface area contributed by atoms with Gasteiger partial charge in [0, 0.05) is 18.7 Å².